The van der Waals surface area contributed by atoms with Gasteiger partial charge in [0.15, 0.2) is 12.4 Å². The van der Waals surface area contributed by atoms with Crippen molar-refractivity contribution < 1.29 is 23.1 Å². The number of halogens is 1. The second-order valence-electron chi connectivity index (χ2n) is 7.01. The lowest BCUT2D eigenvalue weighted by Crippen LogP contribution is -2.30. The molecule has 0 spiro atoms. The van der Waals surface area contributed by atoms with E-state index in [0.717, 1.165) is 0 Å². The first-order valence-corrected chi connectivity index (χ1v) is 9.60. The second-order valence-corrected chi connectivity index (χ2v) is 7.01. The van der Waals surface area contributed by atoms with E-state index in [2.05, 4.69) is 4.98 Å². The van der Waals surface area contributed by atoms with Gasteiger partial charge in [0.1, 0.15) is 11.5 Å². The SMILES string of the molecule is CN(Cc1cccc(F)c1)C(=O)COC(=O)c1cc(-c2ccco2)nc2ccccc12. The fourth-order valence-electron chi connectivity index (χ4n) is 3.21. The maximum Gasteiger partial charge on any atom is 0.339 e. The number of hydrogen-bond donors (Lipinski definition) is 0. The molecular weight excluding hydrogens is 399 g/mol. The highest BCUT2D eigenvalue weighted by molar-refractivity contribution is 6.05. The van der Waals surface area contributed by atoms with E-state index in [1.807, 2.05) is 6.07 Å². The number of nitrogens with zero attached hydrogens (tertiary/aromatic N) is 2. The third-order valence-corrected chi connectivity index (χ3v) is 4.77. The number of amides is 1. The van der Waals surface area contributed by atoms with Gasteiger partial charge in [0, 0.05) is 19.0 Å². The molecule has 1 amide bonds. The van der Waals surface area contributed by atoms with Crippen LogP contribution in [-0.2, 0) is 16.1 Å². The molecule has 0 aliphatic carbocycles. The Morgan fingerprint density at radius 3 is 2.68 bits per heavy atom. The number of ether oxygens (including phenoxy) is 1. The molecule has 2 aromatic carbocycles. The maximum atomic E-state index is 13.3. The molecule has 0 bridgehead atoms. The van der Waals surface area contributed by atoms with Crippen LogP contribution in [0.5, 0.6) is 0 Å². The summed E-state index contributed by atoms with van der Waals surface area (Å²) in [6.45, 7) is -0.230. The molecule has 0 radical (unpaired) electrons. The van der Waals surface area contributed by atoms with Gasteiger partial charge in [-0.05, 0) is 42.0 Å². The van der Waals surface area contributed by atoms with E-state index in [1.165, 1.54) is 23.3 Å². The number of esters is 1. The Morgan fingerprint density at radius 1 is 1.06 bits per heavy atom. The van der Waals surface area contributed by atoms with E-state index in [4.69, 9.17) is 9.15 Å². The van der Waals surface area contributed by atoms with Gasteiger partial charge in [-0.25, -0.2) is 14.2 Å². The van der Waals surface area contributed by atoms with Gasteiger partial charge in [-0.15, -0.1) is 0 Å². The van der Waals surface area contributed by atoms with Crippen LogP contribution in [0.1, 0.15) is 15.9 Å². The summed E-state index contributed by atoms with van der Waals surface area (Å²) in [5.74, 6) is -0.895. The molecule has 4 aromatic rings. The summed E-state index contributed by atoms with van der Waals surface area (Å²) in [5, 5.41) is 0.614. The standard InChI is InChI=1S/C24H19FN2O4/c1-27(14-16-6-4-7-17(25)12-16)23(28)15-31-24(29)19-13-21(22-10-5-11-30-22)26-20-9-3-2-8-18(19)20/h2-13H,14-15H2,1H3. The van der Waals surface area contributed by atoms with Crippen molar-refractivity contribution in [2.24, 2.45) is 0 Å². The Hall–Kier alpha value is -4.00. The summed E-state index contributed by atoms with van der Waals surface area (Å²) in [7, 11) is 1.57. The molecule has 0 saturated heterocycles. The minimum absolute atomic E-state index is 0.203. The van der Waals surface area contributed by atoms with Gasteiger partial charge < -0.3 is 14.1 Å². The highest BCUT2D eigenvalue weighted by Gasteiger charge is 2.18. The minimum Gasteiger partial charge on any atom is -0.463 e. The van der Waals surface area contributed by atoms with Gasteiger partial charge in [-0.3, -0.25) is 4.79 Å². The van der Waals surface area contributed by atoms with Crippen LogP contribution in [0.15, 0.2) is 77.4 Å². The molecule has 0 atom stereocenters. The van der Waals surface area contributed by atoms with Crippen molar-refractivity contribution in [1.82, 2.24) is 9.88 Å². The average Bonchev–Trinajstić information content (AvgIpc) is 3.31. The zero-order chi connectivity index (χ0) is 21.8. The van der Waals surface area contributed by atoms with E-state index >= 15 is 0 Å². The van der Waals surface area contributed by atoms with Crippen molar-refractivity contribution in [1.29, 1.82) is 0 Å². The van der Waals surface area contributed by atoms with Crippen LogP contribution in [0.4, 0.5) is 4.39 Å². The van der Waals surface area contributed by atoms with Crippen molar-refractivity contribution in [2.45, 2.75) is 6.54 Å². The number of carbonyl (C=O) groups is 2. The molecular formula is C24H19FN2O4. The van der Waals surface area contributed by atoms with Crippen LogP contribution >= 0.6 is 0 Å². The average molecular weight is 418 g/mol. The lowest BCUT2D eigenvalue weighted by atomic mass is 10.1. The topological polar surface area (TPSA) is 72.6 Å². The molecule has 0 N–H and O–H groups in total. The summed E-state index contributed by atoms with van der Waals surface area (Å²) in [6, 6.07) is 18.2. The summed E-state index contributed by atoms with van der Waals surface area (Å²) in [6.07, 6.45) is 1.53. The van der Waals surface area contributed by atoms with Gasteiger partial charge in [-0.2, -0.15) is 0 Å². The van der Waals surface area contributed by atoms with Crippen molar-refractivity contribution in [3.8, 4) is 11.5 Å². The second kappa shape index (κ2) is 8.79. The van der Waals surface area contributed by atoms with E-state index in [9.17, 15) is 14.0 Å². The summed E-state index contributed by atoms with van der Waals surface area (Å²) < 4.78 is 24.0. The Balaban J connectivity index is 1.50. The third-order valence-electron chi connectivity index (χ3n) is 4.77. The molecule has 2 aromatic heterocycles. The molecule has 2 heterocycles. The molecule has 4 rings (SSSR count). The Labute approximate surface area is 177 Å². The van der Waals surface area contributed by atoms with Gasteiger partial charge in [-0.1, -0.05) is 30.3 Å². The number of likely N-dealkylation sites (N-methyl/N-ethyl adjacent to an activating group) is 1. The van der Waals surface area contributed by atoms with Crippen LogP contribution in [0.2, 0.25) is 0 Å². The number of benzene rings is 2. The van der Waals surface area contributed by atoms with Crippen molar-refractivity contribution in [3.05, 3.63) is 89.9 Å². The Morgan fingerprint density at radius 2 is 1.90 bits per heavy atom. The van der Waals surface area contributed by atoms with Crippen LogP contribution < -0.4 is 0 Å². The first-order valence-electron chi connectivity index (χ1n) is 9.60. The van der Waals surface area contributed by atoms with E-state index in [1.54, 1.807) is 55.6 Å². The zero-order valence-electron chi connectivity index (χ0n) is 16.7. The van der Waals surface area contributed by atoms with Crippen molar-refractivity contribution in [2.75, 3.05) is 13.7 Å². The predicted molar refractivity (Wildman–Crippen MR) is 113 cm³/mol. The zero-order valence-corrected chi connectivity index (χ0v) is 16.7. The number of aromatic nitrogens is 1. The van der Waals surface area contributed by atoms with E-state index < -0.39 is 18.5 Å². The first kappa shape index (κ1) is 20.3. The van der Waals surface area contributed by atoms with Crippen molar-refractivity contribution in [3.63, 3.8) is 0 Å². The van der Waals surface area contributed by atoms with E-state index in [0.29, 0.717) is 27.9 Å². The highest BCUT2D eigenvalue weighted by Crippen LogP contribution is 2.25. The number of fused-ring (bicyclic) bond motifs is 1. The molecule has 0 saturated carbocycles. The lowest BCUT2D eigenvalue weighted by molar-refractivity contribution is -0.133. The molecule has 6 nitrogen and oxygen atoms in total. The number of hydrogen-bond acceptors (Lipinski definition) is 5. The van der Waals surface area contributed by atoms with Gasteiger partial charge >= 0.3 is 5.97 Å². The maximum absolute atomic E-state index is 13.3. The predicted octanol–water partition coefficient (Wildman–Crippen LogP) is 4.45. The fraction of sp³-hybridized carbons (Fsp3) is 0.125. The van der Waals surface area contributed by atoms with Crippen LogP contribution in [0, 0.1) is 5.82 Å². The van der Waals surface area contributed by atoms with Gasteiger partial charge in [0.2, 0.25) is 0 Å². The summed E-state index contributed by atoms with van der Waals surface area (Å²) >= 11 is 0. The number of rotatable bonds is 6. The molecule has 0 fully saturated rings. The molecule has 0 aliphatic heterocycles. The third kappa shape index (κ3) is 4.61. The Bertz CT molecular complexity index is 1240. The highest BCUT2D eigenvalue weighted by atomic mass is 19.1. The Kier molecular flexibility index (Phi) is 5.75. The van der Waals surface area contributed by atoms with Gasteiger partial charge in [0.25, 0.3) is 5.91 Å². The van der Waals surface area contributed by atoms with Crippen molar-refractivity contribution >= 4 is 22.8 Å². The summed E-state index contributed by atoms with van der Waals surface area (Å²) in [5.41, 5.74) is 2.03. The van der Waals surface area contributed by atoms with Crippen LogP contribution in [0.3, 0.4) is 0 Å². The van der Waals surface area contributed by atoms with Gasteiger partial charge in [0.05, 0.1) is 17.3 Å². The number of carbonyl (C=O) groups excluding carboxylic acids is 2. The molecule has 156 valence electrons. The monoisotopic (exact) mass is 418 g/mol. The lowest BCUT2D eigenvalue weighted by Gasteiger charge is -2.17. The smallest absolute Gasteiger partial charge is 0.339 e. The largest absolute Gasteiger partial charge is 0.463 e. The molecule has 0 unspecified atom stereocenters. The van der Waals surface area contributed by atoms with Crippen LogP contribution in [0.25, 0.3) is 22.4 Å². The number of furan rings is 1. The van der Waals surface area contributed by atoms with Crippen LogP contribution in [-0.4, -0.2) is 35.4 Å². The quantitative estimate of drug-likeness (QED) is 0.433. The first-order chi connectivity index (χ1) is 15.0. The molecule has 7 heteroatoms. The minimum atomic E-state index is -0.640. The normalized spacial score (nSPS) is 10.8. The number of pyridine rings is 1. The molecule has 31 heavy (non-hydrogen) atoms. The van der Waals surface area contributed by atoms with E-state index in [-0.39, 0.29) is 17.9 Å². The molecule has 0 aliphatic rings. The summed E-state index contributed by atoms with van der Waals surface area (Å²) in [4.78, 5) is 31.1. The fourth-order valence-corrected chi connectivity index (χ4v) is 3.21. The number of para-hydroxylation sites is 1.